The Hall–Kier alpha value is -1.88. The summed E-state index contributed by atoms with van der Waals surface area (Å²) in [5, 5.41) is 0. The second-order valence-electron chi connectivity index (χ2n) is 4.58. The number of benzene rings is 2. The van der Waals surface area contributed by atoms with Gasteiger partial charge in [0.25, 0.3) is 0 Å². The maximum atomic E-state index is 12.5. The molecule has 0 aromatic heterocycles. The van der Waals surface area contributed by atoms with Gasteiger partial charge in [0.05, 0.1) is 6.26 Å². The molecular formula is C16H11F3OS. The number of ether oxygens (including phenoxy) is 1. The Bertz CT molecular complexity index is 679. The fourth-order valence-corrected chi connectivity index (χ4v) is 2.94. The molecule has 0 amide bonds. The van der Waals surface area contributed by atoms with Crippen molar-refractivity contribution in [1.29, 1.82) is 0 Å². The van der Waals surface area contributed by atoms with Gasteiger partial charge >= 0.3 is 5.51 Å². The van der Waals surface area contributed by atoms with Crippen molar-refractivity contribution in [3.63, 3.8) is 0 Å². The average Bonchev–Trinajstić information content (AvgIpc) is 2.45. The molecule has 0 fully saturated rings. The molecule has 3 rings (SSSR count). The van der Waals surface area contributed by atoms with E-state index in [2.05, 4.69) is 0 Å². The van der Waals surface area contributed by atoms with Crippen LogP contribution in [0.5, 0.6) is 5.75 Å². The fraction of sp³-hybridized carbons (Fsp3) is 0.125. The summed E-state index contributed by atoms with van der Waals surface area (Å²) in [7, 11) is 0. The average molecular weight is 308 g/mol. The van der Waals surface area contributed by atoms with Gasteiger partial charge in [-0.05, 0) is 41.6 Å². The van der Waals surface area contributed by atoms with Crippen LogP contribution in [0.1, 0.15) is 17.0 Å². The number of halogens is 3. The van der Waals surface area contributed by atoms with Crippen molar-refractivity contribution in [2.75, 3.05) is 0 Å². The third-order valence-corrected chi connectivity index (χ3v) is 3.89. The second-order valence-corrected chi connectivity index (χ2v) is 5.72. The van der Waals surface area contributed by atoms with Crippen LogP contribution in [0.4, 0.5) is 13.2 Å². The minimum Gasteiger partial charge on any atom is -0.465 e. The van der Waals surface area contributed by atoms with Crippen molar-refractivity contribution in [1.82, 2.24) is 0 Å². The van der Waals surface area contributed by atoms with Crippen LogP contribution < -0.4 is 4.74 Å². The first-order valence-corrected chi connectivity index (χ1v) is 7.12. The lowest BCUT2D eigenvalue weighted by Gasteiger charge is -2.21. The van der Waals surface area contributed by atoms with Crippen molar-refractivity contribution in [2.45, 2.75) is 16.3 Å². The summed E-state index contributed by atoms with van der Waals surface area (Å²) in [5.41, 5.74) is -2.51. The summed E-state index contributed by atoms with van der Waals surface area (Å²) >= 11 is -0.0951. The summed E-state index contributed by atoms with van der Waals surface area (Å²) in [6.07, 6.45) is 3.43. The van der Waals surface area contributed by atoms with Crippen molar-refractivity contribution in [2.24, 2.45) is 0 Å². The predicted molar refractivity (Wildman–Crippen MR) is 76.4 cm³/mol. The van der Waals surface area contributed by atoms with E-state index in [1.54, 1.807) is 18.4 Å². The molecule has 0 spiro atoms. The highest BCUT2D eigenvalue weighted by molar-refractivity contribution is 8.00. The highest BCUT2D eigenvalue weighted by atomic mass is 32.2. The maximum absolute atomic E-state index is 12.5. The summed E-state index contributed by atoms with van der Waals surface area (Å²) in [5.74, 6) is 0.641. The molecular weight excluding hydrogens is 297 g/mol. The van der Waals surface area contributed by atoms with Gasteiger partial charge in [-0.1, -0.05) is 30.3 Å². The third kappa shape index (κ3) is 3.24. The van der Waals surface area contributed by atoms with Crippen LogP contribution in [-0.2, 0) is 0 Å². The molecule has 1 aliphatic rings. The minimum absolute atomic E-state index is 0.0938. The standard InChI is InChI=1S/C16H11F3OS/c17-16(18,19)21-12-5-3-4-11(10-12)13-8-9-20-15-7-2-1-6-14(13)15/h1-10,13H. The van der Waals surface area contributed by atoms with E-state index in [4.69, 9.17) is 4.74 Å². The van der Waals surface area contributed by atoms with E-state index in [-0.39, 0.29) is 22.6 Å². The van der Waals surface area contributed by atoms with Crippen LogP contribution in [0.15, 0.2) is 65.8 Å². The minimum atomic E-state index is -4.28. The fourth-order valence-electron chi connectivity index (χ4n) is 2.34. The molecule has 108 valence electrons. The smallest absolute Gasteiger partial charge is 0.446 e. The van der Waals surface area contributed by atoms with Crippen molar-refractivity contribution >= 4 is 11.8 Å². The largest absolute Gasteiger partial charge is 0.465 e. The van der Waals surface area contributed by atoms with E-state index in [0.29, 0.717) is 0 Å². The quantitative estimate of drug-likeness (QED) is 0.693. The van der Waals surface area contributed by atoms with Crippen LogP contribution in [0.2, 0.25) is 0 Å². The Balaban J connectivity index is 1.96. The van der Waals surface area contributed by atoms with E-state index in [1.807, 2.05) is 36.4 Å². The molecule has 5 heteroatoms. The number of allylic oxidation sites excluding steroid dienone is 1. The van der Waals surface area contributed by atoms with E-state index >= 15 is 0 Å². The van der Waals surface area contributed by atoms with Crippen LogP contribution >= 0.6 is 11.8 Å². The van der Waals surface area contributed by atoms with E-state index in [9.17, 15) is 13.2 Å². The van der Waals surface area contributed by atoms with Gasteiger partial charge in [-0.25, -0.2) is 0 Å². The number of para-hydroxylation sites is 1. The molecule has 1 aliphatic heterocycles. The first-order valence-electron chi connectivity index (χ1n) is 6.31. The van der Waals surface area contributed by atoms with Gasteiger partial charge in [-0.2, -0.15) is 13.2 Å². The van der Waals surface area contributed by atoms with Gasteiger partial charge in [-0.3, -0.25) is 0 Å². The summed E-state index contributed by atoms with van der Waals surface area (Å²) in [6, 6.07) is 14.1. The Kier molecular flexibility index (Phi) is 3.68. The Labute approximate surface area is 124 Å². The molecule has 0 N–H and O–H groups in total. The van der Waals surface area contributed by atoms with Crippen LogP contribution in [0.25, 0.3) is 0 Å². The zero-order valence-electron chi connectivity index (χ0n) is 10.8. The Morgan fingerprint density at radius 2 is 1.81 bits per heavy atom. The molecule has 2 aromatic rings. The molecule has 1 unspecified atom stereocenters. The van der Waals surface area contributed by atoms with Gasteiger partial charge in [-0.15, -0.1) is 0 Å². The van der Waals surface area contributed by atoms with Gasteiger partial charge in [0.2, 0.25) is 0 Å². The molecule has 0 aliphatic carbocycles. The van der Waals surface area contributed by atoms with Crippen LogP contribution in [-0.4, -0.2) is 5.51 Å². The molecule has 1 heterocycles. The monoisotopic (exact) mass is 308 g/mol. The zero-order chi connectivity index (χ0) is 14.9. The van der Waals surface area contributed by atoms with Gasteiger partial charge in [0.1, 0.15) is 5.75 Å². The normalized spacial score (nSPS) is 17.2. The number of fused-ring (bicyclic) bond motifs is 1. The summed E-state index contributed by atoms with van der Waals surface area (Å²) < 4.78 is 42.9. The van der Waals surface area contributed by atoms with Crippen molar-refractivity contribution in [3.05, 3.63) is 72.0 Å². The first kappa shape index (κ1) is 14.1. The van der Waals surface area contributed by atoms with Crippen LogP contribution in [0, 0.1) is 0 Å². The van der Waals surface area contributed by atoms with Crippen molar-refractivity contribution in [3.8, 4) is 5.75 Å². The van der Waals surface area contributed by atoms with Crippen LogP contribution in [0.3, 0.4) is 0 Å². The Morgan fingerprint density at radius 1 is 1.00 bits per heavy atom. The summed E-state index contributed by atoms with van der Waals surface area (Å²) in [6.45, 7) is 0. The number of alkyl halides is 3. The van der Waals surface area contributed by atoms with Crippen molar-refractivity contribution < 1.29 is 17.9 Å². The second kappa shape index (κ2) is 5.48. The molecule has 0 radical (unpaired) electrons. The number of hydrogen-bond acceptors (Lipinski definition) is 2. The molecule has 2 aromatic carbocycles. The summed E-state index contributed by atoms with van der Waals surface area (Å²) in [4.78, 5) is 0.192. The first-order chi connectivity index (χ1) is 10.0. The number of hydrogen-bond donors (Lipinski definition) is 0. The maximum Gasteiger partial charge on any atom is 0.446 e. The lowest BCUT2D eigenvalue weighted by atomic mass is 9.90. The van der Waals surface area contributed by atoms with E-state index in [1.165, 1.54) is 6.07 Å². The molecule has 1 nitrogen and oxygen atoms in total. The molecule has 0 saturated carbocycles. The number of thioether (sulfide) groups is 1. The predicted octanol–water partition coefficient (Wildman–Crippen LogP) is 5.34. The van der Waals surface area contributed by atoms with E-state index in [0.717, 1.165) is 16.9 Å². The van der Waals surface area contributed by atoms with Gasteiger partial charge in [0, 0.05) is 16.4 Å². The molecule has 0 saturated heterocycles. The molecule has 1 atom stereocenters. The molecule has 0 bridgehead atoms. The third-order valence-electron chi connectivity index (χ3n) is 3.17. The molecule has 21 heavy (non-hydrogen) atoms. The van der Waals surface area contributed by atoms with Gasteiger partial charge in [0.15, 0.2) is 0 Å². The highest BCUT2D eigenvalue weighted by Crippen LogP contribution is 2.40. The lowest BCUT2D eigenvalue weighted by Crippen LogP contribution is -2.06. The lowest BCUT2D eigenvalue weighted by molar-refractivity contribution is -0.0328. The Morgan fingerprint density at radius 3 is 2.62 bits per heavy atom. The SMILES string of the molecule is FC(F)(F)Sc1cccc(C2C=COc3ccccc32)c1. The highest BCUT2D eigenvalue weighted by Gasteiger charge is 2.29. The topological polar surface area (TPSA) is 9.23 Å². The van der Waals surface area contributed by atoms with Gasteiger partial charge < -0.3 is 4.74 Å². The number of rotatable bonds is 2. The zero-order valence-corrected chi connectivity index (χ0v) is 11.6. The van der Waals surface area contributed by atoms with E-state index < -0.39 is 5.51 Å².